The number of nitro benzene ring substituents is 1. The van der Waals surface area contributed by atoms with Crippen LogP contribution in [0.5, 0.6) is 11.5 Å². The van der Waals surface area contributed by atoms with Gasteiger partial charge < -0.3 is 9.30 Å². The first-order valence-corrected chi connectivity index (χ1v) is 6.42. The van der Waals surface area contributed by atoms with Gasteiger partial charge in [-0.15, -0.1) is 0 Å². The molecule has 0 aliphatic rings. The van der Waals surface area contributed by atoms with Crippen molar-refractivity contribution in [2.24, 2.45) is 7.05 Å². The first-order chi connectivity index (χ1) is 10.5. The first-order valence-electron chi connectivity index (χ1n) is 6.04. The molecule has 3 aromatic rings. The molecule has 1 aromatic carbocycles. The van der Waals surface area contributed by atoms with Crippen LogP contribution in [0.25, 0.3) is 11.2 Å². The Morgan fingerprint density at radius 2 is 2.18 bits per heavy atom. The quantitative estimate of drug-likeness (QED) is 0.544. The highest BCUT2D eigenvalue weighted by molar-refractivity contribution is 6.32. The topological polar surface area (TPSA) is 83.1 Å². The van der Waals surface area contributed by atoms with Crippen molar-refractivity contribution < 1.29 is 14.1 Å². The molecule has 0 aliphatic carbocycles. The molecule has 0 aliphatic heterocycles. The molecule has 7 nitrogen and oxygen atoms in total. The van der Waals surface area contributed by atoms with Crippen LogP contribution in [-0.2, 0) is 7.05 Å². The van der Waals surface area contributed by atoms with E-state index < -0.39 is 21.5 Å². The van der Waals surface area contributed by atoms with Crippen LogP contribution >= 0.6 is 11.6 Å². The summed E-state index contributed by atoms with van der Waals surface area (Å²) in [6.07, 6.45) is 2.92. The maximum Gasteiger partial charge on any atom is 0.313 e. The Morgan fingerprint density at radius 1 is 1.41 bits per heavy atom. The number of hydrogen-bond donors (Lipinski definition) is 0. The van der Waals surface area contributed by atoms with Crippen LogP contribution in [0.15, 0.2) is 30.7 Å². The number of aryl methyl sites for hydroxylation is 1. The SMILES string of the molecule is Cn1cnc2cc(Oc3c([N+](=O)[O-])ccc(F)c3Cl)cnc21. The summed E-state index contributed by atoms with van der Waals surface area (Å²) in [4.78, 5) is 18.5. The lowest BCUT2D eigenvalue weighted by Gasteiger charge is -2.08. The Morgan fingerprint density at radius 3 is 2.91 bits per heavy atom. The molecule has 0 saturated carbocycles. The zero-order valence-corrected chi connectivity index (χ0v) is 11.9. The Balaban J connectivity index is 2.07. The molecule has 0 spiro atoms. The Kier molecular flexibility index (Phi) is 3.38. The van der Waals surface area contributed by atoms with E-state index in [-0.39, 0.29) is 11.5 Å². The van der Waals surface area contributed by atoms with Crippen LogP contribution < -0.4 is 4.74 Å². The van der Waals surface area contributed by atoms with Crippen LogP contribution in [-0.4, -0.2) is 19.5 Å². The highest BCUT2D eigenvalue weighted by Crippen LogP contribution is 2.39. The van der Waals surface area contributed by atoms with Crippen LogP contribution in [0.1, 0.15) is 0 Å². The van der Waals surface area contributed by atoms with Gasteiger partial charge in [0.15, 0.2) is 5.65 Å². The van der Waals surface area contributed by atoms with Crippen molar-refractivity contribution in [3.8, 4) is 11.5 Å². The lowest BCUT2D eigenvalue weighted by molar-refractivity contribution is -0.385. The van der Waals surface area contributed by atoms with Crippen molar-refractivity contribution in [3.63, 3.8) is 0 Å². The number of nitrogens with zero attached hydrogens (tertiary/aromatic N) is 4. The maximum atomic E-state index is 13.5. The van der Waals surface area contributed by atoms with Gasteiger partial charge in [0.05, 0.1) is 17.4 Å². The molecule has 0 unspecified atom stereocenters. The summed E-state index contributed by atoms with van der Waals surface area (Å²) >= 11 is 5.77. The molecule has 0 saturated heterocycles. The standard InChI is InChI=1S/C13H8ClFN4O3/c1-18-6-17-9-4-7(5-16-13(9)18)22-12-10(19(20)21)3-2-8(15)11(12)14/h2-6H,1H3. The van der Waals surface area contributed by atoms with Crippen molar-refractivity contribution in [2.45, 2.75) is 0 Å². The molecule has 0 amide bonds. The van der Waals surface area contributed by atoms with Gasteiger partial charge in [0.1, 0.15) is 22.1 Å². The van der Waals surface area contributed by atoms with Crippen LogP contribution in [0.4, 0.5) is 10.1 Å². The van der Waals surface area contributed by atoms with E-state index >= 15 is 0 Å². The number of aromatic nitrogens is 3. The molecule has 2 heterocycles. The molecule has 9 heteroatoms. The minimum Gasteiger partial charge on any atom is -0.447 e. The minimum absolute atomic E-state index is 0.168. The number of pyridine rings is 1. The smallest absolute Gasteiger partial charge is 0.313 e. The molecule has 2 aromatic heterocycles. The summed E-state index contributed by atoms with van der Waals surface area (Å²) < 4.78 is 20.6. The third-order valence-corrected chi connectivity index (χ3v) is 3.32. The fourth-order valence-electron chi connectivity index (χ4n) is 1.93. The van der Waals surface area contributed by atoms with Crippen LogP contribution in [0, 0.1) is 15.9 Å². The van der Waals surface area contributed by atoms with Crippen molar-refractivity contribution >= 4 is 28.5 Å². The summed E-state index contributed by atoms with van der Waals surface area (Å²) in [5.74, 6) is -1.01. The second kappa shape index (κ2) is 5.23. The number of halogens is 2. The predicted molar refractivity (Wildman–Crippen MR) is 76.6 cm³/mol. The van der Waals surface area contributed by atoms with Gasteiger partial charge in [-0.2, -0.15) is 0 Å². The van der Waals surface area contributed by atoms with Gasteiger partial charge in [-0.3, -0.25) is 10.1 Å². The molecule has 112 valence electrons. The summed E-state index contributed by atoms with van der Waals surface area (Å²) in [6, 6.07) is 3.43. The fraction of sp³-hybridized carbons (Fsp3) is 0.0769. The normalized spacial score (nSPS) is 10.9. The zero-order chi connectivity index (χ0) is 15.9. The summed E-state index contributed by atoms with van der Waals surface area (Å²) in [6.45, 7) is 0. The second-order valence-electron chi connectivity index (χ2n) is 4.44. The van der Waals surface area contributed by atoms with Gasteiger partial charge in [-0.05, 0) is 6.07 Å². The van der Waals surface area contributed by atoms with E-state index in [0.29, 0.717) is 11.2 Å². The van der Waals surface area contributed by atoms with Gasteiger partial charge in [0.2, 0.25) is 5.75 Å². The van der Waals surface area contributed by atoms with Crippen molar-refractivity contribution in [2.75, 3.05) is 0 Å². The minimum atomic E-state index is -0.811. The van der Waals surface area contributed by atoms with Gasteiger partial charge in [0, 0.05) is 19.2 Å². The van der Waals surface area contributed by atoms with Gasteiger partial charge >= 0.3 is 5.69 Å². The number of fused-ring (bicyclic) bond motifs is 1. The van der Waals surface area contributed by atoms with E-state index in [2.05, 4.69) is 9.97 Å². The van der Waals surface area contributed by atoms with E-state index in [9.17, 15) is 14.5 Å². The van der Waals surface area contributed by atoms with Gasteiger partial charge in [-0.25, -0.2) is 14.4 Å². The largest absolute Gasteiger partial charge is 0.447 e. The highest BCUT2D eigenvalue weighted by Gasteiger charge is 2.23. The number of ether oxygens (including phenoxy) is 1. The Labute approximate surface area is 128 Å². The lowest BCUT2D eigenvalue weighted by atomic mass is 10.3. The second-order valence-corrected chi connectivity index (χ2v) is 4.82. The zero-order valence-electron chi connectivity index (χ0n) is 11.2. The molecule has 0 atom stereocenters. The third-order valence-electron chi connectivity index (χ3n) is 2.97. The molecular formula is C13H8ClFN4O3. The van der Waals surface area contributed by atoms with Crippen LogP contribution in [0.3, 0.4) is 0 Å². The van der Waals surface area contributed by atoms with E-state index in [1.54, 1.807) is 17.9 Å². The molecule has 0 fully saturated rings. The van der Waals surface area contributed by atoms with Crippen LogP contribution in [0.2, 0.25) is 5.02 Å². The van der Waals surface area contributed by atoms with Crippen molar-refractivity contribution in [1.29, 1.82) is 0 Å². The molecule has 3 rings (SSSR count). The maximum absolute atomic E-state index is 13.5. The summed E-state index contributed by atoms with van der Waals surface area (Å²) in [7, 11) is 1.77. The monoisotopic (exact) mass is 322 g/mol. The first kappa shape index (κ1) is 14.2. The van der Waals surface area contributed by atoms with E-state index in [1.807, 2.05) is 0 Å². The van der Waals surface area contributed by atoms with E-state index in [4.69, 9.17) is 16.3 Å². The molecule has 0 N–H and O–H groups in total. The summed E-state index contributed by atoms with van der Waals surface area (Å²) in [5, 5.41) is 10.5. The molecule has 0 radical (unpaired) electrons. The Bertz CT molecular complexity index is 896. The predicted octanol–water partition coefficient (Wildman–Crippen LogP) is 3.46. The average Bonchev–Trinajstić information content (AvgIpc) is 2.85. The number of nitro groups is 1. The number of imidazole rings is 1. The molecular weight excluding hydrogens is 315 g/mol. The highest BCUT2D eigenvalue weighted by atomic mass is 35.5. The Hall–Kier alpha value is -2.74. The van der Waals surface area contributed by atoms with Gasteiger partial charge in [0.25, 0.3) is 0 Å². The average molecular weight is 323 g/mol. The van der Waals surface area contributed by atoms with Crippen molar-refractivity contribution in [3.05, 3.63) is 51.7 Å². The summed E-state index contributed by atoms with van der Waals surface area (Å²) in [5.41, 5.74) is 0.717. The number of hydrogen-bond acceptors (Lipinski definition) is 5. The molecule has 0 bridgehead atoms. The lowest BCUT2D eigenvalue weighted by Crippen LogP contribution is -1.96. The third kappa shape index (κ3) is 2.33. The van der Waals surface area contributed by atoms with E-state index in [1.165, 1.54) is 12.3 Å². The van der Waals surface area contributed by atoms with Crippen molar-refractivity contribution in [1.82, 2.24) is 14.5 Å². The van der Waals surface area contributed by atoms with Gasteiger partial charge in [-0.1, -0.05) is 11.6 Å². The fourth-order valence-corrected chi connectivity index (χ4v) is 2.13. The number of rotatable bonds is 3. The van der Waals surface area contributed by atoms with E-state index in [0.717, 1.165) is 12.1 Å². The molecule has 22 heavy (non-hydrogen) atoms. The number of benzene rings is 1.